The lowest BCUT2D eigenvalue weighted by Gasteiger charge is -2.16. The van der Waals surface area contributed by atoms with Crippen molar-refractivity contribution >= 4 is 10.9 Å². The highest BCUT2D eigenvalue weighted by atomic mass is 16.1. The molecule has 6 nitrogen and oxygen atoms in total. The summed E-state index contributed by atoms with van der Waals surface area (Å²) in [7, 11) is 0. The minimum Gasteiger partial charge on any atom is -0.298 e. The number of nitrogens with zero attached hydrogens (tertiary/aromatic N) is 5. The van der Waals surface area contributed by atoms with E-state index in [1.807, 2.05) is 93.8 Å². The van der Waals surface area contributed by atoms with Crippen LogP contribution in [0.15, 0.2) is 90.1 Å². The summed E-state index contributed by atoms with van der Waals surface area (Å²) >= 11 is 0. The van der Waals surface area contributed by atoms with Crippen LogP contribution in [0.1, 0.15) is 26.3 Å². The SMILES string of the molecule is CCn1cc(-c2cc(-c3cnc4ccccc4c3)ccn2)n(-c2ccc(C(C)(C)C#N)cc2)c1=O. The average molecular weight is 460 g/mol. The van der Waals surface area contributed by atoms with E-state index in [-0.39, 0.29) is 5.69 Å². The number of rotatable bonds is 5. The van der Waals surface area contributed by atoms with Crippen molar-refractivity contribution in [1.29, 1.82) is 5.26 Å². The van der Waals surface area contributed by atoms with Crippen LogP contribution < -0.4 is 5.69 Å². The number of aromatic nitrogens is 4. The number of nitriles is 1. The van der Waals surface area contributed by atoms with E-state index in [0.717, 1.165) is 33.3 Å². The number of imidazole rings is 1. The highest BCUT2D eigenvalue weighted by Crippen LogP contribution is 2.28. The van der Waals surface area contributed by atoms with Gasteiger partial charge >= 0.3 is 5.69 Å². The normalized spacial score (nSPS) is 11.5. The first kappa shape index (κ1) is 22.3. The van der Waals surface area contributed by atoms with E-state index in [1.165, 1.54) is 0 Å². The molecule has 0 N–H and O–H groups in total. The molecule has 0 amide bonds. The quantitative estimate of drug-likeness (QED) is 0.336. The summed E-state index contributed by atoms with van der Waals surface area (Å²) in [4.78, 5) is 22.5. The smallest absolute Gasteiger partial charge is 0.298 e. The molecule has 0 saturated carbocycles. The molecule has 0 radical (unpaired) electrons. The van der Waals surface area contributed by atoms with Crippen LogP contribution in [0.2, 0.25) is 0 Å². The van der Waals surface area contributed by atoms with Crippen LogP contribution in [0.5, 0.6) is 0 Å². The Kier molecular flexibility index (Phi) is 5.54. The molecule has 3 heterocycles. The van der Waals surface area contributed by atoms with Crippen LogP contribution in [0.4, 0.5) is 0 Å². The van der Waals surface area contributed by atoms with Crippen molar-refractivity contribution in [3.8, 4) is 34.3 Å². The van der Waals surface area contributed by atoms with E-state index >= 15 is 0 Å². The van der Waals surface area contributed by atoms with E-state index in [2.05, 4.69) is 22.1 Å². The standard InChI is InChI=1S/C29H25N5O/c1-4-33-18-27(34(28(33)35)24-11-9-23(10-12-24)29(2,3)19-30)26-16-20(13-14-31-26)22-15-21-7-5-6-8-25(21)32-17-22/h5-18H,4H2,1-3H3. The Labute approximate surface area is 203 Å². The van der Waals surface area contributed by atoms with Gasteiger partial charge in [-0.3, -0.25) is 19.1 Å². The number of hydrogen-bond acceptors (Lipinski definition) is 4. The lowest BCUT2D eigenvalue weighted by atomic mass is 9.86. The second-order valence-corrected chi connectivity index (χ2v) is 9.05. The van der Waals surface area contributed by atoms with Crippen LogP contribution in [0, 0.1) is 11.3 Å². The maximum Gasteiger partial charge on any atom is 0.333 e. The topological polar surface area (TPSA) is 76.5 Å². The third-order valence-corrected chi connectivity index (χ3v) is 6.37. The van der Waals surface area contributed by atoms with E-state index in [4.69, 9.17) is 0 Å². The number of pyridine rings is 2. The predicted octanol–water partition coefficient (Wildman–Crippen LogP) is 5.74. The molecule has 0 bridgehead atoms. The van der Waals surface area contributed by atoms with Gasteiger partial charge in [0.25, 0.3) is 0 Å². The van der Waals surface area contributed by atoms with Gasteiger partial charge < -0.3 is 0 Å². The Hall–Kier alpha value is -4.50. The molecule has 0 saturated heterocycles. The number of para-hydroxylation sites is 1. The van der Waals surface area contributed by atoms with Crippen molar-refractivity contribution in [2.75, 3.05) is 0 Å². The fourth-order valence-corrected chi connectivity index (χ4v) is 4.22. The molecule has 0 aliphatic rings. The van der Waals surface area contributed by atoms with Gasteiger partial charge in [0.2, 0.25) is 0 Å². The summed E-state index contributed by atoms with van der Waals surface area (Å²) in [6.45, 7) is 6.25. The van der Waals surface area contributed by atoms with E-state index < -0.39 is 5.41 Å². The fourth-order valence-electron chi connectivity index (χ4n) is 4.22. The Balaban J connectivity index is 1.62. The second kappa shape index (κ2) is 8.69. The molecule has 2 aromatic carbocycles. The summed E-state index contributed by atoms with van der Waals surface area (Å²) < 4.78 is 3.35. The summed E-state index contributed by atoms with van der Waals surface area (Å²) in [6.07, 6.45) is 5.47. The van der Waals surface area contributed by atoms with Crippen LogP contribution in [-0.2, 0) is 12.0 Å². The minimum atomic E-state index is -0.606. The van der Waals surface area contributed by atoms with Gasteiger partial charge in [-0.05, 0) is 68.3 Å². The molecule has 3 aromatic heterocycles. The van der Waals surface area contributed by atoms with Crippen molar-refractivity contribution in [3.05, 3.63) is 101 Å². The van der Waals surface area contributed by atoms with E-state index in [1.54, 1.807) is 15.3 Å². The lowest BCUT2D eigenvalue weighted by Crippen LogP contribution is -2.23. The molecule has 172 valence electrons. The molecule has 35 heavy (non-hydrogen) atoms. The zero-order valence-electron chi connectivity index (χ0n) is 19.9. The fraction of sp³-hybridized carbons (Fsp3) is 0.172. The van der Waals surface area contributed by atoms with E-state index in [0.29, 0.717) is 17.9 Å². The molecule has 0 fully saturated rings. The maximum absolute atomic E-state index is 13.3. The van der Waals surface area contributed by atoms with Gasteiger partial charge in [-0.1, -0.05) is 30.3 Å². The number of benzene rings is 2. The Morgan fingerprint density at radius 3 is 2.49 bits per heavy atom. The molecule has 0 aliphatic heterocycles. The summed E-state index contributed by atoms with van der Waals surface area (Å²) in [5.41, 5.74) is 5.21. The first-order chi connectivity index (χ1) is 16.9. The second-order valence-electron chi connectivity index (χ2n) is 9.05. The van der Waals surface area contributed by atoms with Crippen molar-refractivity contribution in [2.45, 2.75) is 32.7 Å². The van der Waals surface area contributed by atoms with Gasteiger partial charge in [0.15, 0.2) is 0 Å². The molecular formula is C29H25N5O. The lowest BCUT2D eigenvalue weighted by molar-refractivity contribution is 0.686. The zero-order chi connectivity index (χ0) is 24.6. The summed E-state index contributed by atoms with van der Waals surface area (Å²) in [6, 6.07) is 24.0. The average Bonchev–Trinajstić information content (AvgIpc) is 3.24. The molecule has 0 atom stereocenters. The molecule has 0 aliphatic carbocycles. The zero-order valence-corrected chi connectivity index (χ0v) is 19.9. The number of aryl methyl sites for hydroxylation is 1. The predicted molar refractivity (Wildman–Crippen MR) is 138 cm³/mol. The maximum atomic E-state index is 13.3. The molecule has 5 aromatic rings. The van der Waals surface area contributed by atoms with Crippen LogP contribution in [0.3, 0.4) is 0 Å². The van der Waals surface area contributed by atoms with Gasteiger partial charge in [0, 0.05) is 36.1 Å². The highest BCUT2D eigenvalue weighted by molar-refractivity contribution is 5.84. The summed E-state index contributed by atoms with van der Waals surface area (Å²) in [5.74, 6) is 0. The molecule has 0 spiro atoms. The Morgan fingerprint density at radius 2 is 1.74 bits per heavy atom. The first-order valence-corrected chi connectivity index (χ1v) is 11.6. The Bertz CT molecular complexity index is 1630. The molecule has 5 rings (SSSR count). The van der Waals surface area contributed by atoms with Crippen molar-refractivity contribution < 1.29 is 0 Å². The van der Waals surface area contributed by atoms with Crippen molar-refractivity contribution in [2.24, 2.45) is 0 Å². The number of hydrogen-bond donors (Lipinski definition) is 0. The largest absolute Gasteiger partial charge is 0.333 e. The van der Waals surface area contributed by atoms with Crippen LogP contribution in [-0.4, -0.2) is 19.1 Å². The highest BCUT2D eigenvalue weighted by Gasteiger charge is 2.21. The number of fused-ring (bicyclic) bond motifs is 1. The third-order valence-electron chi connectivity index (χ3n) is 6.37. The van der Waals surface area contributed by atoms with Gasteiger partial charge in [0.1, 0.15) is 0 Å². The van der Waals surface area contributed by atoms with Gasteiger partial charge in [-0.25, -0.2) is 4.79 Å². The monoisotopic (exact) mass is 459 g/mol. The minimum absolute atomic E-state index is 0.130. The summed E-state index contributed by atoms with van der Waals surface area (Å²) in [5, 5.41) is 10.5. The molecule has 6 heteroatoms. The van der Waals surface area contributed by atoms with Crippen molar-refractivity contribution in [3.63, 3.8) is 0 Å². The van der Waals surface area contributed by atoms with E-state index in [9.17, 15) is 10.1 Å². The molecular weight excluding hydrogens is 434 g/mol. The van der Waals surface area contributed by atoms with Gasteiger partial charge in [-0.15, -0.1) is 0 Å². The third kappa shape index (κ3) is 4.02. The van der Waals surface area contributed by atoms with Crippen LogP contribution in [0.25, 0.3) is 39.1 Å². The Morgan fingerprint density at radius 1 is 0.971 bits per heavy atom. The molecule has 0 unspecified atom stereocenters. The van der Waals surface area contributed by atoms with Gasteiger partial charge in [-0.2, -0.15) is 5.26 Å². The first-order valence-electron chi connectivity index (χ1n) is 11.6. The van der Waals surface area contributed by atoms with Crippen LogP contribution >= 0.6 is 0 Å². The van der Waals surface area contributed by atoms with Gasteiger partial charge in [0.05, 0.1) is 34.1 Å². The van der Waals surface area contributed by atoms with Crippen molar-refractivity contribution in [1.82, 2.24) is 19.1 Å².